The molecule has 0 fully saturated rings. The van der Waals surface area contributed by atoms with E-state index in [2.05, 4.69) is 57.2 Å². The van der Waals surface area contributed by atoms with E-state index in [0.29, 0.717) is 19.3 Å². The number of carbonyl (C=O) groups is 3. The zero-order valence-electron chi connectivity index (χ0n) is 46.3. The van der Waals surface area contributed by atoms with Crippen molar-refractivity contribution in [3.05, 3.63) is 36.5 Å². The summed E-state index contributed by atoms with van der Waals surface area (Å²) in [5.41, 5.74) is 0. The maximum Gasteiger partial charge on any atom is 0.306 e. The number of esters is 3. The average molecular weight is 970 g/mol. The largest absolute Gasteiger partial charge is 0.462 e. The van der Waals surface area contributed by atoms with Crippen LogP contribution in [-0.2, 0) is 28.6 Å². The molecule has 0 aromatic rings. The van der Waals surface area contributed by atoms with Crippen molar-refractivity contribution in [1.82, 2.24) is 0 Å². The SMILES string of the molecule is CCCCC/C=C\C/C=C\C/C=C\CCCCCCCCC(=O)OC[C@@H](COC(=O)CCCCCCCCCCCCCCC)OC(=O)CCCCCCCCCCCCCCCCCCCCC. The van der Waals surface area contributed by atoms with Gasteiger partial charge in [-0.25, -0.2) is 0 Å². The number of hydrogen-bond donors (Lipinski definition) is 0. The van der Waals surface area contributed by atoms with Crippen LogP contribution >= 0.6 is 0 Å². The second-order valence-electron chi connectivity index (χ2n) is 20.6. The van der Waals surface area contributed by atoms with Gasteiger partial charge >= 0.3 is 17.9 Å². The monoisotopic (exact) mass is 969 g/mol. The number of allylic oxidation sites excluding steroid dienone is 6. The third-order valence-electron chi connectivity index (χ3n) is 13.6. The van der Waals surface area contributed by atoms with E-state index in [-0.39, 0.29) is 31.1 Å². The fourth-order valence-corrected chi connectivity index (χ4v) is 9.04. The zero-order valence-corrected chi connectivity index (χ0v) is 46.3. The van der Waals surface area contributed by atoms with E-state index < -0.39 is 6.10 Å². The van der Waals surface area contributed by atoms with Crippen molar-refractivity contribution in [2.75, 3.05) is 13.2 Å². The van der Waals surface area contributed by atoms with E-state index in [4.69, 9.17) is 14.2 Å². The molecule has 0 unspecified atom stereocenters. The van der Waals surface area contributed by atoms with Gasteiger partial charge in [0.05, 0.1) is 0 Å². The van der Waals surface area contributed by atoms with Crippen molar-refractivity contribution >= 4 is 17.9 Å². The van der Waals surface area contributed by atoms with Crippen LogP contribution in [0.1, 0.15) is 329 Å². The van der Waals surface area contributed by atoms with Crippen molar-refractivity contribution in [2.24, 2.45) is 0 Å². The predicted molar refractivity (Wildman–Crippen MR) is 298 cm³/mol. The van der Waals surface area contributed by atoms with Crippen LogP contribution in [0.4, 0.5) is 0 Å². The maximum atomic E-state index is 12.9. The summed E-state index contributed by atoms with van der Waals surface area (Å²) in [6.07, 6.45) is 69.9. The van der Waals surface area contributed by atoms with Crippen LogP contribution in [0.2, 0.25) is 0 Å². The molecule has 1 atom stereocenters. The van der Waals surface area contributed by atoms with E-state index in [0.717, 1.165) is 77.0 Å². The molecule has 0 amide bonds. The van der Waals surface area contributed by atoms with E-state index in [1.165, 1.54) is 212 Å². The molecule has 0 saturated heterocycles. The first-order chi connectivity index (χ1) is 34.0. The highest BCUT2D eigenvalue weighted by Crippen LogP contribution is 2.17. The van der Waals surface area contributed by atoms with Crippen molar-refractivity contribution in [1.29, 1.82) is 0 Å². The van der Waals surface area contributed by atoms with Gasteiger partial charge in [-0.2, -0.15) is 0 Å². The lowest BCUT2D eigenvalue weighted by Gasteiger charge is -2.18. The molecule has 0 bridgehead atoms. The molecule has 0 aliphatic rings. The normalized spacial score (nSPS) is 12.2. The first-order valence-corrected chi connectivity index (χ1v) is 30.5. The van der Waals surface area contributed by atoms with Crippen LogP contribution in [-0.4, -0.2) is 37.2 Å². The molecule has 0 aromatic heterocycles. The van der Waals surface area contributed by atoms with Crippen molar-refractivity contribution < 1.29 is 28.6 Å². The van der Waals surface area contributed by atoms with Crippen LogP contribution in [0, 0.1) is 0 Å². The number of hydrogen-bond acceptors (Lipinski definition) is 6. The van der Waals surface area contributed by atoms with Crippen LogP contribution < -0.4 is 0 Å². The Balaban J connectivity index is 4.33. The molecule has 404 valence electrons. The Morgan fingerprint density at radius 3 is 0.841 bits per heavy atom. The maximum absolute atomic E-state index is 12.9. The minimum Gasteiger partial charge on any atom is -0.462 e. The Morgan fingerprint density at radius 2 is 0.522 bits per heavy atom. The Kier molecular flexibility index (Phi) is 56.2. The van der Waals surface area contributed by atoms with Crippen LogP contribution in [0.15, 0.2) is 36.5 Å². The standard InChI is InChI=1S/C63H116O6/c1-4-7-10-13-16-19-22-25-27-29-31-33-35-38-41-44-47-50-53-56-62(65)68-59-60(58-67-61(64)55-52-49-46-43-40-37-24-21-18-15-12-9-6-3)69-63(66)57-54-51-48-45-42-39-36-34-32-30-28-26-23-20-17-14-11-8-5-2/h16,19,25,27,31,33,60H,4-15,17-18,20-24,26,28-30,32,34-59H2,1-3H3/b19-16-,27-25-,33-31-/t60-/m1/s1. The first kappa shape index (κ1) is 66.6. The summed E-state index contributed by atoms with van der Waals surface area (Å²) in [4.78, 5) is 38.2. The molecule has 0 spiro atoms. The van der Waals surface area contributed by atoms with Gasteiger partial charge in [-0.05, 0) is 57.8 Å². The fraction of sp³-hybridized carbons (Fsp3) is 0.857. The highest BCUT2D eigenvalue weighted by atomic mass is 16.6. The van der Waals surface area contributed by atoms with Crippen LogP contribution in [0.3, 0.4) is 0 Å². The lowest BCUT2D eigenvalue weighted by molar-refractivity contribution is -0.167. The Bertz CT molecular complexity index is 1160. The highest BCUT2D eigenvalue weighted by Gasteiger charge is 2.19. The summed E-state index contributed by atoms with van der Waals surface area (Å²) in [5.74, 6) is -0.862. The molecular weight excluding hydrogens is 853 g/mol. The predicted octanol–water partition coefficient (Wildman–Crippen LogP) is 20.4. The number of carbonyl (C=O) groups excluding carboxylic acids is 3. The molecule has 0 radical (unpaired) electrons. The first-order valence-electron chi connectivity index (χ1n) is 30.5. The molecule has 0 aliphatic carbocycles. The molecule has 0 aromatic carbocycles. The molecule has 0 aliphatic heterocycles. The molecule has 6 nitrogen and oxygen atoms in total. The van der Waals surface area contributed by atoms with E-state index in [1.54, 1.807) is 0 Å². The van der Waals surface area contributed by atoms with Gasteiger partial charge in [-0.1, -0.05) is 288 Å². The quantitative estimate of drug-likeness (QED) is 0.0261. The van der Waals surface area contributed by atoms with Gasteiger partial charge in [-0.15, -0.1) is 0 Å². The molecule has 0 saturated carbocycles. The molecular formula is C63H116O6. The lowest BCUT2D eigenvalue weighted by Crippen LogP contribution is -2.30. The number of ether oxygens (including phenoxy) is 3. The average Bonchev–Trinajstić information content (AvgIpc) is 3.35. The topological polar surface area (TPSA) is 78.9 Å². The Hall–Kier alpha value is -2.37. The van der Waals surface area contributed by atoms with E-state index >= 15 is 0 Å². The summed E-state index contributed by atoms with van der Waals surface area (Å²) in [6.45, 7) is 6.65. The van der Waals surface area contributed by atoms with Gasteiger partial charge in [0.15, 0.2) is 6.10 Å². The van der Waals surface area contributed by atoms with E-state index in [1.807, 2.05) is 0 Å². The number of rotatable bonds is 56. The third-order valence-corrected chi connectivity index (χ3v) is 13.6. The minimum atomic E-state index is -0.773. The van der Waals surface area contributed by atoms with Gasteiger partial charge in [0, 0.05) is 19.3 Å². The molecule has 0 rings (SSSR count). The zero-order chi connectivity index (χ0) is 50.0. The highest BCUT2D eigenvalue weighted by molar-refractivity contribution is 5.71. The Labute approximate surface area is 429 Å². The summed E-state index contributed by atoms with van der Waals surface area (Å²) >= 11 is 0. The summed E-state index contributed by atoms with van der Waals surface area (Å²) in [7, 11) is 0. The molecule has 69 heavy (non-hydrogen) atoms. The second-order valence-corrected chi connectivity index (χ2v) is 20.6. The van der Waals surface area contributed by atoms with Gasteiger partial charge in [0.25, 0.3) is 0 Å². The molecule has 0 N–H and O–H groups in total. The van der Waals surface area contributed by atoms with Crippen LogP contribution in [0.5, 0.6) is 0 Å². The van der Waals surface area contributed by atoms with Gasteiger partial charge in [-0.3, -0.25) is 14.4 Å². The van der Waals surface area contributed by atoms with Gasteiger partial charge < -0.3 is 14.2 Å². The van der Waals surface area contributed by atoms with Crippen LogP contribution in [0.25, 0.3) is 0 Å². The molecule has 0 heterocycles. The van der Waals surface area contributed by atoms with E-state index in [9.17, 15) is 14.4 Å². The van der Waals surface area contributed by atoms with Gasteiger partial charge in [0.2, 0.25) is 0 Å². The third kappa shape index (κ3) is 56.4. The fourth-order valence-electron chi connectivity index (χ4n) is 9.04. The molecule has 6 heteroatoms. The smallest absolute Gasteiger partial charge is 0.306 e. The van der Waals surface area contributed by atoms with Gasteiger partial charge in [0.1, 0.15) is 13.2 Å². The summed E-state index contributed by atoms with van der Waals surface area (Å²) < 4.78 is 16.9. The lowest BCUT2D eigenvalue weighted by atomic mass is 10.0. The van der Waals surface area contributed by atoms with Crippen molar-refractivity contribution in [3.8, 4) is 0 Å². The summed E-state index contributed by atoms with van der Waals surface area (Å²) in [6, 6.07) is 0. The Morgan fingerprint density at radius 1 is 0.290 bits per heavy atom. The minimum absolute atomic E-state index is 0.0712. The summed E-state index contributed by atoms with van der Waals surface area (Å²) in [5, 5.41) is 0. The number of unbranched alkanes of at least 4 members (excludes halogenated alkanes) is 39. The van der Waals surface area contributed by atoms with Crippen molar-refractivity contribution in [3.63, 3.8) is 0 Å². The second kappa shape index (κ2) is 58.2. The van der Waals surface area contributed by atoms with Crippen molar-refractivity contribution in [2.45, 2.75) is 335 Å².